The molecule has 0 unspecified atom stereocenters. The van der Waals surface area contributed by atoms with Crippen LogP contribution in [0, 0.1) is 0 Å². The van der Waals surface area contributed by atoms with Gasteiger partial charge in [0.25, 0.3) is 5.91 Å². The topological polar surface area (TPSA) is 20.3 Å². The van der Waals surface area contributed by atoms with Gasteiger partial charge in [0.1, 0.15) is 0 Å². The molecule has 1 fully saturated rings. The van der Waals surface area contributed by atoms with Crippen LogP contribution in [0.3, 0.4) is 0 Å². The van der Waals surface area contributed by atoms with Gasteiger partial charge in [0.2, 0.25) is 0 Å². The lowest BCUT2D eigenvalue weighted by Gasteiger charge is -2.24. The Hall–Kier alpha value is -0.350. The van der Waals surface area contributed by atoms with Gasteiger partial charge in [-0.1, -0.05) is 19.3 Å². The van der Waals surface area contributed by atoms with Crippen molar-refractivity contribution < 1.29 is 4.79 Å². The van der Waals surface area contributed by atoms with E-state index in [-0.39, 0.29) is 5.91 Å². The molecule has 1 amide bonds. The molecule has 0 aliphatic carbocycles. The Kier molecular flexibility index (Phi) is 4.41. The van der Waals surface area contributed by atoms with Crippen molar-refractivity contribution in [2.45, 2.75) is 32.1 Å². The van der Waals surface area contributed by atoms with Crippen molar-refractivity contribution >= 4 is 33.2 Å². The lowest BCUT2D eigenvalue weighted by Crippen LogP contribution is -2.33. The molecule has 2 nitrogen and oxygen atoms in total. The zero-order valence-electron chi connectivity index (χ0n) is 9.25. The number of hydrogen-bond donors (Lipinski definition) is 0. The summed E-state index contributed by atoms with van der Waals surface area (Å²) in [4.78, 5) is 15.1. The van der Waals surface area contributed by atoms with Crippen LogP contribution in [0.5, 0.6) is 0 Å². The molecule has 2 heterocycles. The second kappa shape index (κ2) is 5.82. The molecule has 88 valence electrons. The molecule has 0 bridgehead atoms. The second-order valence-corrected chi connectivity index (χ2v) is 6.63. The first-order chi connectivity index (χ1) is 7.77. The fraction of sp³-hybridized carbons (Fsp3) is 0.583. The van der Waals surface area contributed by atoms with Crippen LogP contribution >= 0.6 is 27.3 Å². The molecular weight excluding hydrogens is 286 g/mol. The van der Waals surface area contributed by atoms with E-state index in [0.29, 0.717) is 0 Å². The highest BCUT2D eigenvalue weighted by Gasteiger charge is 2.17. The minimum atomic E-state index is 0.206. The maximum absolute atomic E-state index is 12.2. The second-order valence-electron chi connectivity index (χ2n) is 4.16. The predicted molar refractivity (Wildman–Crippen MR) is 71.0 cm³/mol. The Labute approximate surface area is 109 Å². The molecule has 0 atom stereocenters. The van der Waals surface area contributed by atoms with Gasteiger partial charge in [-0.25, -0.2) is 0 Å². The predicted octanol–water partition coefficient (Wildman–Crippen LogP) is 3.92. The molecule has 4 heteroatoms. The molecule has 1 aromatic rings. The summed E-state index contributed by atoms with van der Waals surface area (Å²) in [6.07, 6.45) is 6.15. The molecule has 1 aromatic heterocycles. The Balaban J connectivity index is 2.01. The van der Waals surface area contributed by atoms with E-state index >= 15 is 0 Å². The molecule has 2 rings (SSSR count). The molecule has 1 aliphatic heterocycles. The van der Waals surface area contributed by atoms with Gasteiger partial charge in [-0.3, -0.25) is 4.79 Å². The summed E-state index contributed by atoms with van der Waals surface area (Å²) in [5, 5.41) is 0. The monoisotopic (exact) mass is 301 g/mol. The zero-order chi connectivity index (χ0) is 11.4. The van der Waals surface area contributed by atoms with Gasteiger partial charge in [0.05, 0.1) is 8.66 Å². The number of carbonyl (C=O) groups excluding carboxylic acids is 1. The van der Waals surface area contributed by atoms with Gasteiger partial charge in [0, 0.05) is 13.1 Å². The highest BCUT2D eigenvalue weighted by molar-refractivity contribution is 9.11. The number of thiophene rings is 1. The standard InChI is InChI=1S/C12H16BrNOS/c13-11-7-6-10(16-11)12(15)14-8-4-2-1-3-5-9-14/h6-7H,1-5,8-9H2. The third kappa shape index (κ3) is 3.08. The smallest absolute Gasteiger partial charge is 0.263 e. The lowest BCUT2D eigenvalue weighted by molar-refractivity contribution is 0.0747. The fourth-order valence-corrected chi connectivity index (χ4v) is 3.39. The highest BCUT2D eigenvalue weighted by atomic mass is 79.9. The molecule has 0 aromatic carbocycles. The van der Waals surface area contributed by atoms with Crippen molar-refractivity contribution in [3.63, 3.8) is 0 Å². The molecule has 0 saturated carbocycles. The summed E-state index contributed by atoms with van der Waals surface area (Å²) < 4.78 is 1.03. The number of likely N-dealkylation sites (tertiary alicyclic amines) is 1. The SMILES string of the molecule is O=C(c1ccc(Br)s1)N1CCCCCCC1. The van der Waals surface area contributed by atoms with Gasteiger partial charge >= 0.3 is 0 Å². The van der Waals surface area contributed by atoms with Gasteiger partial charge in [-0.15, -0.1) is 11.3 Å². The summed E-state index contributed by atoms with van der Waals surface area (Å²) in [7, 11) is 0. The summed E-state index contributed by atoms with van der Waals surface area (Å²) in [6.45, 7) is 1.85. The first-order valence-corrected chi connectivity index (χ1v) is 7.43. The number of nitrogens with zero attached hydrogens (tertiary/aromatic N) is 1. The largest absolute Gasteiger partial charge is 0.338 e. The van der Waals surface area contributed by atoms with Crippen molar-refractivity contribution in [1.82, 2.24) is 4.90 Å². The molecule has 1 saturated heterocycles. The van der Waals surface area contributed by atoms with E-state index in [9.17, 15) is 4.79 Å². The summed E-state index contributed by atoms with van der Waals surface area (Å²) in [5.41, 5.74) is 0. The van der Waals surface area contributed by atoms with Gasteiger partial charge < -0.3 is 4.90 Å². The summed E-state index contributed by atoms with van der Waals surface area (Å²) in [6, 6.07) is 3.86. The van der Waals surface area contributed by atoms with E-state index in [1.54, 1.807) is 0 Å². The number of amides is 1. The third-order valence-corrected chi connectivity index (χ3v) is 4.54. The maximum atomic E-state index is 12.2. The molecule has 0 N–H and O–H groups in total. The molecule has 0 spiro atoms. The van der Waals surface area contributed by atoms with Crippen molar-refractivity contribution in [3.8, 4) is 0 Å². The van der Waals surface area contributed by atoms with Crippen LogP contribution in [0.25, 0.3) is 0 Å². The van der Waals surface area contributed by atoms with E-state index in [0.717, 1.165) is 34.6 Å². The van der Waals surface area contributed by atoms with E-state index < -0.39 is 0 Å². The average Bonchev–Trinajstić information content (AvgIpc) is 2.63. The Morgan fingerprint density at radius 3 is 2.31 bits per heavy atom. The van der Waals surface area contributed by atoms with Crippen LogP contribution in [0.1, 0.15) is 41.8 Å². The number of halogens is 1. The maximum Gasteiger partial charge on any atom is 0.263 e. The first kappa shape index (κ1) is 12.1. The molecule has 1 aliphatic rings. The van der Waals surface area contributed by atoms with E-state index in [2.05, 4.69) is 15.9 Å². The van der Waals surface area contributed by atoms with Crippen molar-refractivity contribution in [2.24, 2.45) is 0 Å². The lowest BCUT2D eigenvalue weighted by atomic mass is 10.1. The molecular formula is C12H16BrNOS. The van der Waals surface area contributed by atoms with E-state index in [1.165, 1.54) is 30.6 Å². The normalized spacial score (nSPS) is 17.9. The van der Waals surface area contributed by atoms with Crippen LogP contribution < -0.4 is 0 Å². The van der Waals surface area contributed by atoms with Crippen LogP contribution in [0.4, 0.5) is 0 Å². The molecule has 16 heavy (non-hydrogen) atoms. The minimum Gasteiger partial charge on any atom is -0.338 e. The fourth-order valence-electron chi connectivity index (χ4n) is 2.04. The minimum absolute atomic E-state index is 0.206. The zero-order valence-corrected chi connectivity index (χ0v) is 11.6. The summed E-state index contributed by atoms with van der Waals surface area (Å²) in [5.74, 6) is 0.206. The van der Waals surface area contributed by atoms with Crippen LogP contribution in [0.15, 0.2) is 15.9 Å². The number of hydrogen-bond acceptors (Lipinski definition) is 2. The van der Waals surface area contributed by atoms with Gasteiger partial charge in [-0.05, 0) is 40.9 Å². The van der Waals surface area contributed by atoms with Gasteiger partial charge in [-0.2, -0.15) is 0 Å². The first-order valence-electron chi connectivity index (χ1n) is 5.82. The summed E-state index contributed by atoms with van der Waals surface area (Å²) >= 11 is 4.93. The van der Waals surface area contributed by atoms with Crippen molar-refractivity contribution in [1.29, 1.82) is 0 Å². The Morgan fingerprint density at radius 2 is 1.75 bits per heavy atom. The van der Waals surface area contributed by atoms with Crippen LogP contribution in [-0.2, 0) is 0 Å². The van der Waals surface area contributed by atoms with E-state index in [4.69, 9.17) is 0 Å². The van der Waals surface area contributed by atoms with Crippen molar-refractivity contribution in [3.05, 3.63) is 20.8 Å². The van der Waals surface area contributed by atoms with Gasteiger partial charge in [0.15, 0.2) is 0 Å². The Morgan fingerprint density at radius 1 is 1.12 bits per heavy atom. The quantitative estimate of drug-likeness (QED) is 0.770. The average molecular weight is 302 g/mol. The van der Waals surface area contributed by atoms with Crippen molar-refractivity contribution in [2.75, 3.05) is 13.1 Å². The van der Waals surface area contributed by atoms with Crippen LogP contribution in [-0.4, -0.2) is 23.9 Å². The Bertz CT molecular complexity index is 356. The number of rotatable bonds is 1. The highest BCUT2D eigenvalue weighted by Crippen LogP contribution is 2.24. The molecule has 0 radical (unpaired) electrons. The number of carbonyl (C=O) groups is 1. The third-order valence-electron chi connectivity index (χ3n) is 2.93. The van der Waals surface area contributed by atoms with Crippen LogP contribution in [0.2, 0.25) is 0 Å². The van der Waals surface area contributed by atoms with E-state index in [1.807, 2.05) is 17.0 Å².